The van der Waals surface area contributed by atoms with Crippen molar-refractivity contribution in [2.24, 2.45) is 104 Å². The molecule has 15 nitrogen and oxygen atoms in total. The molecule has 24 atom stereocenters. The highest BCUT2D eigenvalue weighted by Gasteiger charge is 2.73. The second-order valence-electron chi connectivity index (χ2n) is 37.1. The molecule has 12 aliphatic carbocycles. The Kier molecular flexibility index (Phi) is 21.7. The molecule has 12 aliphatic rings. The van der Waals surface area contributed by atoms with Gasteiger partial charge in [0.25, 0.3) is 0 Å². The Labute approximate surface area is 673 Å². The Bertz CT molecular complexity index is 4810. The zero-order valence-electron chi connectivity index (χ0n) is 66.1. The van der Waals surface area contributed by atoms with E-state index in [4.69, 9.17) is 0 Å². The largest absolute Gasteiger partial charge is 0.416 e. The first-order chi connectivity index (χ1) is 53.4. The monoisotopic (exact) mass is 1600 g/mol. The number of benzene rings is 2. The van der Waals surface area contributed by atoms with Crippen LogP contribution in [0.2, 0.25) is 0 Å². The number of thioether (sulfide) groups is 3. The fraction of sp³-hybridized carbons (Fsp3) is 0.576. The van der Waals surface area contributed by atoms with E-state index < -0.39 is 68.5 Å². The number of Topliss-reactive ketones (excluding diaryl/α,β-unsaturated/α-hetero) is 3. The van der Waals surface area contributed by atoms with E-state index in [9.17, 15) is 72.6 Å². The minimum absolute atomic E-state index is 0.0179. The highest BCUT2D eigenvalue weighted by molar-refractivity contribution is 8.00. The summed E-state index contributed by atoms with van der Waals surface area (Å²) >= 11 is 4.20. The van der Waals surface area contributed by atoms with Crippen LogP contribution in [-0.4, -0.2) is 138 Å². The molecule has 3 heterocycles. The number of halogens is 3. The standard InChI is InChI=1S/C32H34F3NO4S.C31H35NO4S.C29H39NO4S/c1-17-12-21-22-7-10-31(40,30(22,3)15-25(38)28(21)29(2)9-6-19(37)14-23(17)29)27(39)16-41-26-8-11-36-24-13-18(32(33,34)35)4-5-20(24)26;1-18-14-23-22-10-9-20-15-21(33)11-12-29(20,2)27(22)24(34)16-30(23,3)31(18,36)26(35)17-37-25-8-4-6-19-7-5-13-32-28(19)25;1-18-14-21-22-8-11-29(34,25(33)17-35-13-9-19-6-4-5-12-30-19)28(22,3)16-24(32)26(21)27(2)10-7-20(31)15-23(18)27/h4-6,8-9,11,13-14,17,21-22,25,28,38,40H,7,10,12,15-16H2,1-3H3;4-8,11-13,15,18,22-24,27,34,36H,9-10,14,16-17H2,1-3H3;4-6,12,15,18,21-22,24,26,32,34H,7-11,13-14,16-17H2,1-3H3/t17-,21?,22?,25-,28?,29?,30?,31-;18-,22?,23?,24+,27?,29?,30?,31+;18-,21?,22?,24-,26?,27?,28?,29-/m010/s1. The van der Waals surface area contributed by atoms with Crippen LogP contribution in [0.3, 0.4) is 0 Å². The molecule has 2 aromatic carbocycles. The van der Waals surface area contributed by atoms with Crippen LogP contribution < -0.4 is 0 Å². The number of allylic oxidation sites excluding steroid dienone is 9. The number of alkyl halides is 3. The highest BCUT2D eigenvalue weighted by atomic mass is 32.2. The number of carbonyl (C=O) groups is 6. The zero-order valence-corrected chi connectivity index (χ0v) is 68.6. The van der Waals surface area contributed by atoms with Crippen LogP contribution in [0.25, 0.3) is 21.8 Å². The predicted molar refractivity (Wildman–Crippen MR) is 433 cm³/mol. The molecule has 9 fully saturated rings. The molecule has 0 radical (unpaired) electrons. The van der Waals surface area contributed by atoms with E-state index >= 15 is 0 Å². The van der Waals surface area contributed by atoms with Crippen molar-refractivity contribution < 1.29 is 72.6 Å². The quantitative estimate of drug-likeness (QED) is 0.0446. The van der Waals surface area contributed by atoms with Gasteiger partial charge in [0.05, 0.1) is 52.2 Å². The summed E-state index contributed by atoms with van der Waals surface area (Å²) in [5.74, 6) is 1.93. The first-order valence-electron chi connectivity index (χ1n) is 40.9. The molecule has 0 spiro atoms. The van der Waals surface area contributed by atoms with E-state index in [1.165, 1.54) is 41.4 Å². The Morgan fingerprint density at radius 2 is 1.16 bits per heavy atom. The lowest BCUT2D eigenvalue weighted by Crippen LogP contribution is -2.62. The van der Waals surface area contributed by atoms with Crippen LogP contribution in [0, 0.1) is 104 Å². The predicted octanol–water partition coefficient (Wildman–Crippen LogP) is 15.7. The Morgan fingerprint density at radius 3 is 1.84 bits per heavy atom. The number of aryl methyl sites for hydroxylation is 1. The summed E-state index contributed by atoms with van der Waals surface area (Å²) in [4.78, 5) is 92.2. The summed E-state index contributed by atoms with van der Waals surface area (Å²) in [6, 6.07) is 20.8. The lowest BCUT2D eigenvalue weighted by molar-refractivity contribution is -0.181. The SMILES string of the molecule is C[C@@H]1CC2C3CCC4=CC(=O)C=CC4(C)C3[C@@H](O)CC2(C)[C@@]1(O)C(=O)CSc1cccc2cccnc12.C[C@H]1CC2C([C@@H](O)CC3(C)C2CC[C@]3(O)C(=O)CSCCc2ccccn2)C2(C)CCC(=O)C=C12.C[C@H]1CC2C([C@@H](O)CC3(C)C2CC[C@]3(O)C(=O)CSc2ccnc3cc(C(F)(F)F)ccc23)C2(C)C=CC(=O)C=C12. The third-order valence-electron chi connectivity index (χ3n) is 31.6. The normalized spacial score (nSPS) is 40.4. The number of carbonyl (C=O) groups excluding carboxylic acids is 6. The molecule has 17 rings (SSSR count). The third-order valence-corrected chi connectivity index (χ3v) is 34.6. The van der Waals surface area contributed by atoms with Gasteiger partial charge in [-0.1, -0.05) is 122 Å². The summed E-state index contributed by atoms with van der Waals surface area (Å²) < 4.78 is 39.6. The number of hydrogen-bond acceptors (Lipinski definition) is 18. The van der Waals surface area contributed by atoms with Crippen LogP contribution in [0.5, 0.6) is 0 Å². The molecule has 9 saturated carbocycles. The van der Waals surface area contributed by atoms with Crippen molar-refractivity contribution in [3.05, 3.63) is 162 Å². The Morgan fingerprint density at radius 1 is 0.558 bits per heavy atom. The maximum Gasteiger partial charge on any atom is 0.416 e. The van der Waals surface area contributed by atoms with Gasteiger partial charge < -0.3 is 30.6 Å². The molecule has 3 aromatic heterocycles. The van der Waals surface area contributed by atoms with Gasteiger partial charge >= 0.3 is 6.18 Å². The van der Waals surface area contributed by atoms with Gasteiger partial charge in [-0.3, -0.25) is 43.7 Å². The van der Waals surface area contributed by atoms with Gasteiger partial charge in [0.15, 0.2) is 34.7 Å². The first kappa shape index (κ1) is 81.9. The summed E-state index contributed by atoms with van der Waals surface area (Å²) in [7, 11) is 0. The number of fused-ring (bicyclic) bond motifs is 17. The average molecular weight is 1600 g/mol. The lowest BCUT2D eigenvalue weighted by Gasteiger charge is -2.61. The number of aliphatic hydroxyl groups is 6. The number of pyridine rings is 3. The van der Waals surface area contributed by atoms with Crippen LogP contribution in [0.15, 0.2) is 160 Å². The van der Waals surface area contributed by atoms with Crippen LogP contribution in [0.1, 0.15) is 163 Å². The summed E-state index contributed by atoms with van der Waals surface area (Å²) in [5, 5.41) is 72.6. The van der Waals surface area contributed by atoms with Crippen molar-refractivity contribution in [1.82, 2.24) is 15.0 Å². The molecule has 0 bridgehead atoms. The van der Waals surface area contributed by atoms with Crippen molar-refractivity contribution in [2.45, 2.75) is 210 Å². The van der Waals surface area contributed by atoms with Gasteiger partial charge in [-0.25, -0.2) is 0 Å². The molecular formula is C92H108F3N3O12S3. The van der Waals surface area contributed by atoms with Crippen LogP contribution >= 0.6 is 35.3 Å². The molecule has 15 unspecified atom stereocenters. The molecule has 0 amide bonds. The van der Waals surface area contributed by atoms with Crippen LogP contribution in [-0.2, 0) is 41.4 Å². The fourth-order valence-corrected chi connectivity index (χ4v) is 29.1. The number of aliphatic hydroxyl groups excluding tert-OH is 3. The average Bonchev–Trinajstić information content (AvgIpc) is 1.60. The molecule has 6 N–H and O–H groups in total. The minimum Gasteiger partial charge on any atom is -0.393 e. The van der Waals surface area contributed by atoms with E-state index in [0.717, 1.165) is 102 Å². The summed E-state index contributed by atoms with van der Waals surface area (Å²) in [5.41, 5.74) is -2.96. The number of para-hydroxylation sites is 1. The van der Waals surface area contributed by atoms with Crippen molar-refractivity contribution in [1.29, 1.82) is 0 Å². The second kappa shape index (κ2) is 30.0. The molecule has 21 heteroatoms. The number of nitrogens with zero attached hydrogens (tertiary/aromatic N) is 3. The Hall–Kier alpha value is -6.27. The molecular weight excluding hydrogens is 1490 g/mol. The molecule has 0 aliphatic heterocycles. The van der Waals surface area contributed by atoms with Gasteiger partial charge in [0, 0.05) is 90.2 Å². The number of aromatic nitrogens is 3. The first-order valence-corrected chi connectivity index (χ1v) is 44.0. The number of hydrogen-bond donors (Lipinski definition) is 6. The topological polar surface area (TPSA) is 262 Å². The van der Waals surface area contributed by atoms with Gasteiger partial charge in [-0.05, 0) is 233 Å². The minimum atomic E-state index is -4.48. The number of ketones is 6. The van der Waals surface area contributed by atoms with E-state index in [1.807, 2.05) is 87.5 Å². The molecule has 0 saturated heterocycles. The van der Waals surface area contributed by atoms with Gasteiger partial charge in [-0.2, -0.15) is 24.9 Å². The molecule has 113 heavy (non-hydrogen) atoms. The van der Waals surface area contributed by atoms with E-state index in [-0.39, 0.29) is 140 Å². The van der Waals surface area contributed by atoms with Gasteiger partial charge in [-0.15, -0.1) is 23.5 Å². The van der Waals surface area contributed by atoms with Crippen LogP contribution in [0.4, 0.5) is 13.2 Å². The summed E-state index contributed by atoms with van der Waals surface area (Å²) in [6.45, 7) is 18.9. The second-order valence-corrected chi connectivity index (χ2v) is 40.2. The van der Waals surface area contributed by atoms with Crippen molar-refractivity contribution in [3.8, 4) is 0 Å². The third kappa shape index (κ3) is 13.4. The maximum absolute atomic E-state index is 13.9. The molecule has 602 valence electrons. The Balaban J connectivity index is 0.000000134. The highest BCUT2D eigenvalue weighted by Crippen LogP contribution is 2.72. The molecule has 5 aromatic rings. The number of rotatable bonds is 14. The van der Waals surface area contributed by atoms with Crippen molar-refractivity contribution >= 4 is 91.8 Å². The maximum atomic E-state index is 13.9. The van der Waals surface area contributed by atoms with Gasteiger partial charge in [0.2, 0.25) is 0 Å². The van der Waals surface area contributed by atoms with E-state index in [2.05, 4.69) is 56.5 Å². The van der Waals surface area contributed by atoms with E-state index in [1.54, 1.807) is 54.5 Å². The smallest absolute Gasteiger partial charge is 0.393 e. The van der Waals surface area contributed by atoms with Gasteiger partial charge in [0.1, 0.15) is 16.8 Å². The summed E-state index contributed by atoms with van der Waals surface area (Å²) in [6.07, 6.45) is 20.7. The fourth-order valence-electron chi connectivity index (χ4n) is 26.2. The lowest BCUT2D eigenvalue weighted by atomic mass is 9.44. The zero-order chi connectivity index (χ0) is 80.7. The van der Waals surface area contributed by atoms with Crippen molar-refractivity contribution in [2.75, 3.05) is 23.0 Å². The van der Waals surface area contributed by atoms with Crippen molar-refractivity contribution in [3.63, 3.8) is 0 Å². The van der Waals surface area contributed by atoms with E-state index in [0.29, 0.717) is 54.6 Å².